The lowest BCUT2D eigenvalue weighted by Crippen LogP contribution is -2.61. The van der Waals surface area contributed by atoms with Crippen molar-refractivity contribution in [2.75, 3.05) is 14.7 Å². The molecule has 0 radical (unpaired) electrons. The molecular weight excluding hydrogens is 986 g/mol. The summed E-state index contributed by atoms with van der Waals surface area (Å²) in [5, 5.41) is 2.85. The van der Waals surface area contributed by atoms with E-state index in [-0.39, 0.29) is 44.6 Å². The number of aryl methyl sites for hydroxylation is 1. The molecule has 1 aromatic heterocycles. The van der Waals surface area contributed by atoms with Crippen molar-refractivity contribution < 1.29 is 0 Å². The molecule has 3 heterocycles. The van der Waals surface area contributed by atoms with Crippen molar-refractivity contribution in [3.05, 3.63) is 178 Å². The summed E-state index contributed by atoms with van der Waals surface area (Å²) < 4.78 is 1.43. The summed E-state index contributed by atoms with van der Waals surface area (Å²) >= 11 is 2.06. The fourth-order valence-electron chi connectivity index (χ4n) is 17.7. The van der Waals surface area contributed by atoms with Gasteiger partial charge in [-0.25, -0.2) is 0 Å². The van der Waals surface area contributed by atoms with E-state index in [1.807, 2.05) is 0 Å². The number of hydrogen-bond donors (Lipinski definition) is 0. The Bertz CT molecular complexity index is 3850. The Morgan fingerprint density at radius 3 is 1.50 bits per heavy atom. The molecule has 406 valence electrons. The lowest BCUT2D eigenvalue weighted by atomic mass is 9.33. The number of benzene rings is 7. The molecule has 2 saturated carbocycles. The Hall–Kier alpha value is -6.04. The maximum absolute atomic E-state index is 2.80. The highest BCUT2D eigenvalue weighted by molar-refractivity contribution is 7.26. The quantitative estimate of drug-likeness (QED) is 0.147. The third-order valence-corrected chi connectivity index (χ3v) is 23.7. The van der Waals surface area contributed by atoms with Crippen LogP contribution in [-0.2, 0) is 44.3 Å². The summed E-state index contributed by atoms with van der Waals surface area (Å²) in [5.74, 6) is 0. The summed E-state index contributed by atoms with van der Waals surface area (Å²) in [4.78, 5) is 8.10. The van der Waals surface area contributed by atoms with E-state index in [0.717, 1.165) is 17.8 Å². The van der Waals surface area contributed by atoms with Crippen LogP contribution in [0.15, 0.2) is 133 Å². The first-order chi connectivity index (χ1) is 38.1. The lowest BCUT2D eigenvalue weighted by molar-refractivity contribution is 0.332. The molecule has 0 N–H and O–H groups in total. The molecule has 80 heavy (non-hydrogen) atoms. The molecule has 7 aromatic carbocycles. The van der Waals surface area contributed by atoms with E-state index in [1.54, 1.807) is 16.7 Å². The number of fused-ring (bicyclic) bond motifs is 13. The van der Waals surface area contributed by atoms with Crippen LogP contribution in [-0.4, -0.2) is 6.71 Å². The fraction of sp³-hybridized carbons (Fsp3) is 0.413. The van der Waals surface area contributed by atoms with E-state index in [1.165, 1.54) is 164 Å². The van der Waals surface area contributed by atoms with E-state index in [4.69, 9.17) is 0 Å². The minimum absolute atomic E-state index is 0.0146. The summed E-state index contributed by atoms with van der Waals surface area (Å²) in [6.45, 7) is 30.1. The van der Waals surface area contributed by atoms with Crippen LogP contribution in [0.4, 0.5) is 50.5 Å². The van der Waals surface area contributed by atoms with Crippen molar-refractivity contribution in [2.24, 2.45) is 0 Å². The standard InChI is InChI=1S/C75H82BN3S/c1-13-47-38-65-53(43-56(47)73(10)30-20-21-31-73)66-68(80-65)79(51-27-29-55-58(40-51)72(8,9)35-33-70(55,4)5)64-42-52(77(48-22-16-14-17-23-48)49-24-18-15-19-25-49)41-63-67(64)76(66)61-44-59-60(75(12)37-36-74(59,11)46-75)45-62(61)78(63)50-26-28-54-57(39-50)71(6,7)34-32-69(54,2)3/h14-19,22-29,38-45H,13,20-21,30-37,46H2,1-12H3. The van der Waals surface area contributed by atoms with Gasteiger partial charge in [0.15, 0.2) is 0 Å². The van der Waals surface area contributed by atoms with Crippen molar-refractivity contribution >= 4 is 95.0 Å². The zero-order valence-electron chi connectivity index (χ0n) is 50.0. The van der Waals surface area contributed by atoms with E-state index in [9.17, 15) is 0 Å². The second kappa shape index (κ2) is 17.0. The monoisotopic (exact) mass is 1070 g/mol. The van der Waals surface area contributed by atoms with Gasteiger partial charge in [-0.05, 0) is 247 Å². The fourth-order valence-corrected chi connectivity index (χ4v) is 19.0. The number of hydrogen-bond acceptors (Lipinski definition) is 4. The molecule has 2 bridgehead atoms. The van der Waals surface area contributed by atoms with Crippen LogP contribution in [0.3, 0.4) is 0 Å². The van der Waals surface area contributed by atoms with Gasteiger partial charge in [0.25, 0.3) is 6.71 Å². The number of anilines is 9. The Balaban J connectivity index is 1.11. The average Bonchev–Trinajstić information content (AvgIpc) is 4.35. The molecule has 0 spiro atoms. The zero-order chi connectivity index (χ0) is 55.3. The molecule has 2 atom stereocenters. The SMILES string of the molecule is CCc1cc2sc3c(c2cc1C1(C)CCCC1)B1c2cc4c(cc2N(c2ccc5c(c2)C(C)(C)CCC5(C)C)c2cc(N(c5ccccc5)c5ccccc5)cc(c21)N3c1ccc2c(c1)C(C)(C)CCC2(C)C)C1(C)CCC4(C)C1. The zero-order valence-corrected chi connectivity index (χ0v) is 50.8. The van der Waals surface area contributed by atoms with Gasteiger partial charge < -0.3 is 14.7 Å². The average molecular weight is 1070 g/mol. The topological polar surface area (TPSA) is 9.72 Å². The molecule has 3 nitrogen and oxygen atoms in total. The highest BCUT2D eigenvalue weighted by Gasteiger charge is 2.55. The van der Waals surface area contributed by atoms with E-state index < -0.39 is 0 Å². The van der Waals surface area contributed by atoms with E-state index in [2.05, 4.69) is 243 Å². The molecule has 0 saturated heterocycles. The third-order valence-electron chi connectivity index (χ3n) is 22.6. The Kier molecular flexibility index (Phi) is 10.8. The summed E-state index contributed by atoms with van der Waals surface area (Å²) in [5.41, 5.74) is 27.5. The first kappa shape index (κ1) is 50.9. The van der Waals surface area contributed by atoms with Crippen LogP contribution in [0.5, 0.6) is 0 Å². The molecule has 0 amide bonds. The molecule has 2 fully saturated rings. The van der Waals surface area contributed by atoms with Crippen molar-refractivity contribution in [1.29, 1.82) is 0 Å². The first-order valence-electron chi connectivity index (χ1n) is 30.9. The van der Waals surface area contributed by atoms with Crippen molar-refractivity contribution in [3.63, 3.8) is 0 Å². The predicted molar refractivity (Wildman–Crippen MR) is 345 cm³/mol. The Morgan fingerprint density at radius 1 is 0.438 bits per heavy atom. The van der Waals surface area contributed by atoms with Gasteiger partial charge in [-0.3, -0.25) is 0 Å². The number of rotatable bonds is 7. The highest BCUT2D eigenvalue weighted by atomic mass is 32.1. The molecular formula is C75H82BN3S. The van der Waals surface area contributed by atoms with Crippen LogP contribution in [0.2, 0.25) is 0 Å². The Morgan fingerprint density at radius 2 is 0.950 bits per heavy atom. The second-order valence-corrected chi connectivity index (χ2v) is 30.7. The van der Waals surface area contributed by atoms with Crippen LogP contribution < -0.4 is 31.1 Å². The highest BCUT2D eigenvalue weighted by Crippen LogP contribution is 2.62. The second-order valence-electron chi connectivity index (χ2n) is 29.7. The van der Waals surface area contributed by atoms with Gasteiger partial charge in [-0.2, -0.15) is 0 Å². The lowest BCUT2D eigenvalue weighted by Gasteiger charge is -2.46. The van der Waals surface area contributed by atoms with Crippen LogP contribution in [0.1, 0.15) is 198 Å². The smallest absolute Gasteiger partial charge is 0.254 e. The maximum Gasteiger partial charge on any atom is 0.254 e. The van der Waals surface area contributed by atoms with Gasteiger partial charge in [-0.15, -0.1) is 11.3 Å². The number of thiophene rings is 1. The van der Waals surface area contributed by atoms with Crippen molar-refractivity contribution in [1.82, 2.24) is 0 Å². The molecule has 8 aromatic rings. The minimum Gasteiger partial charge on any atom is -0.311 e. The van der Waals surface area contributed by atoms with Crippen molar-refractivity contribution in [3.8, 4) is 0 Å². The first-order valence-corrected chi connectivity index (χ1v) is 31.7. The van der Waals surface area contributed by atoms with Crippen LogP contribution in [0, 0.1) is 0 Å². The van der Waals surface area contributed by atoms with E-state index >= 15 is 0 Å². The van der Waals surface area contributed by atoms with Crippen LogP contribution >= 0.6 is 11.3 Å². The number of nitrogens with zero attached hydrogens (tertiary/aromatic N) is 3. The van der Waals surface area contributed by atoms with Crippen molar-refractivity contribution in [2.45, 2.75) is 198 Å². The maximum atomic E-state index is 2.80. The summed E-state index contributed by atoms with van der Waals surface area (Å²) in [6.07, 6.45) is 14.7. The molecule has 5 heteroatoms. The largest absolute Gasteiger partial charge is 0.311 e. The molecule has 2 aliphatic heterocycles. The van der Waals surface area contributed by atoms with Gasteiger partial charge in [0.1, 0.15) is 0 Å². The van der Waals surface area contributed by atoms with Gasteiger partial charge in [0.05, 0.1) is 10.7 Å². The van der Waals surface area contributed by atoms with Gasteiger partial charge in [0.2, 0.25) is 0 Å². The Labute approximate surface area is 482 Å². The van der Waals surface area contributed by atoms with Gasteiger partial charge in [-0.1, -0.05) is 151 Å². The summed E-state index contributed by atoms with van der Waals surface area (Å²) in [7, 11) is 0. The summed E-state index contributed by atoms with van der Waals surface area (Å²) in [6, 6.07) is 53.9. The minimum atomic E-state index is 0.0146. The molecule has 15 rings (SSSR count). The van der Waals surface area contributed by atoms with Gasteiger partial charge in [0, 0.05) is 44.5 Å². The van der Waals surface area contributed by atoms with E-state index in [0.29, 0.717) is 0 Å². The normalized spacial score (nSPS) is 23.5. The van der Waals surface area contributed by atoms with Crippen LogP contribution in [0.25, 0.3) is 10.1 Å². The molecule has 7 aliphatic rings. The number of para-hydroxylation sites is 2. The predicted octanol–water partition coefficient (Wildman–Crippen LogP) is 19.3. The molecule has 2 unspecified atom stereocenters. The molecule has 5 aliphatic carbocycles. The van der Waals surface area contributed by atoms with Gasteiger partial charge >= 0.3 is 0 Å². The third kappa shape index (κ3) is 7.23.